The molecule has 0 aliphatic carbocycles. The van der Waals surface area contributed by atoms with E-state index in [0.717, 1.165) is 11.3 Å². The molecule has 0 bridgehead atoms. The van der Waals surface area contributed by atoms with Gasteiger partial charge >= 0.3 is 0 Å². The molecule has 2 N–H and O–H groups in total. The van der Waals surface area contributed by atoms with Crippen LogP contribution in [0.3, 0.4) is 0 Å². The van der Waals surface area contributed by atoms with Gasteiger partial charge in [-0.1, -0.05) is 5.92 Å². The zero-order valence-corrected chi connectivity index (χ0v) is 18.6. The van der Waals surface area contributed by atoms with Crippen LogP contribution >= 0.6 is 0 Å². The highest BCUT2D eigenvalue weighted by Crippen LogP contribution is 2.34. The van der Waals surface area contributed by atoms with Crippen LogP contribution in [-0.2, 0) is 19.6 Å². The Balaban J connectivity index is 1.71. The molecular formula is C21H30N4O5S. The number of nitrogens with one attached hydrogen (secondary N) is 1. The SMILES string of the molecule is C#Cc1ccc(N2CCN(S(=O)(=O)C3(C(=O)NO)CCN(CCOC)CC3)CC2)cc1. The summed E-state index contributed by atoms with van der Waals surface area (Å²) in [5.74, 6) is 1.72. The largest absolute Gasteiger partial charge is 0.383 e. The number of piperazine rings is 1. The number of sulfonamides is 1. The van der Waals surface area contributed by atoms with Gasteiger partial charge in [-0.3, -0.25) is 10.0 Å². The highest BCUT2D eigenvalue weighted by Gasteiger charge is 2.55. The quantitative estimate of drug-likeness (QED) is 0.345. The van der Waals surface area contributed by atoms with Gasteiger partial charge in [0.15, 0.2) is 4.75 Å². The Morgan fingerprint density at radius 2 is 1.77 bits per heavy atom. The Bertz CT molecular complexity index is 897. The lowest BCUT2D eigenvalue weighted by molar-refractivity contribution is -0.133. The van der Waals surface area contributed by atoms with Gasteiger partial charge in [-0.05, 0) is 37.1 Å². The van der Waals surface area contributed by atoms with E-state index in [0.29, 0.717) is 39.3 Å². The Kier molecular flexibility index (Phi) is 7.56. The average molecular weight is 451 g/mol. The summed E-state index contributed by atoms with van der Waals surface area (Å²) in [4.78, 5) is 16.8. The first-order valence-corrected chi connectivity index (χ1v) is 11.8. The summed E-state index contributed by atoms with van der Waals surface area (Å²) in [7, 11) is -2.36. The number of terminal acetylenes is 1. The summed E-state index contributed by atoms with van der Waals surface area (Å²) in [6, 6.07) is 7.57. The summed E-state index contributed by atoms with van der Waals surface area (Å²) in [6.07, 6.45) is 5.65. The van der Waals surface area contributed by atoms with Gasteiger partial charge < -0.3 is 14.5 Å². The molecule has 0 spiro atoms. The molecule has 0 radical (unpaired) electrons. The van der Waals surface area contributed by atoms with E-state index >= 15 is 0 Å². The molecule has 3 rings (SSSR count). The number of rotatable bonds is 7. The Morgan fingerprint density at radius 3 is 2.29 bits per heavy atom. The molecule has 2 fully saturated rings. The van der Waals surface area contributed by atoms with Crippen LogP contribution in [0.4, 0.5) is 5.69 Å². The number of nitrogens with zero attached hydrogens (tertiary/aromatic N) is 3. The van der Waals surface area contributed by atoms with Gasteiger partial charge in [0.25, 0.3) is 5.91 Å². The van der Waals surface area contributed by atoms with Crippen LogP contribution in [0.15, 0.2) is 24.3 Å². The number of hydrogen-bond acceptors (Lipinski definition) is 7. The van der Waals surface area contributed by atoms with E-state index in [2.05, 4.69) is 15.7 Å². The Morgan fingerprint density at radius 1 is 1.16 bits per heavy atom. The molecule has 1 amide bonds. The summed E-state index contributed by atoms with van der Waals surface area (Å²) < 4.78 is 32.0. The first kappa shape index (κ1) is 23.5. The molecule has 0 atom stereocenters. The van der Waals surface area contributed by atoms with Crippen molar-refractivity contribution in [2.75, 3.05) is 64.4 Å². The van der Waals surface area contributed by atoms with Crippen LogP contribution in [0.5, 0.6) is 0 Å². The van der Waals surface area contributed by atoms with Crippen molar-refractivity contribution in [2.45, 2.75) is 17.6 Å². The fraction of sp³-hybridized carbons (Fsp3) is 0.571. The maximum atomic E-state index is 13.6. The molecule has 2 aliphatic heterocycles. The number of anilines is 1. The van der Waals surface area contributed by atoms with Crippen molar-refractivity contribution in [2.24, 2.45) is 0 Å². The van der Waals surface area contributed by atoms with Crippen molar-refractivity contribution in [1.82, 2.24) is 14.7 Å². The van der Waals surface area contributed by atoms with E-state index in [1.165, 1.54) is 4.31 Å². The van der Waals surface area contributed by atoms with E-state index in [1.807, 2.05) is 24.3 Å². The normalized spacial score (nSPS) is 20.2. The molecular weight excluding hydrogens is 420 g/mol. The first-order chi connectivity index (χ1) is 14.9. The fourth-order valence-corrected chi connectivity index (χ4v) is 6.38. The summed E-state index contributed by atoms with van der Waals surface area (Å²) in [5.41, 5.74) is 3.38. The van der Waals surface area contributed by atoms with E-state index < -0.39 is 20.7 Å². The van der Waals surface area contributed by atoms with Crippen LogP contribution in [0, 0.1) is 12.3 Å². The molecule has 31 heavy (non-hydrogen) atoms. The predicted octanol–water partition coefficient (Wildman–Crippen LogP) is 0.106. The second kappa shape index (κ2) is 9.97. The van der Waals surface area contributed by atoms with Gasteiger partial charge in [0.1, 0.15) is 0 Å². The lowest BCUT2D eigenvalue weighted by Crippen LogP contribution is -2.63. The van der Waals surface area contributed by atoms with Gasteiger partial charge in [-0.15, -0.1) is 6.42 Å². The molecule has 10 heteroatoms. The maximum Gasteiger partial charge on any atom is 0.266 e. The number of likely N-dealkylation sites (tertiary alicyclic amines) is 1. The number of carbonyl (C=O) groups is 1. The second-order valence-corrected chi connectivity index (χ2v) is 10.1. The van der Waals surface area contributed by atoms with E-state index in [-0.39, 0.29) is 25.9 Å². The molecule has 1 aromatic carbocycles. The average Bonchev–Trinajstić information content (AvgIpc) is 2.82. The lowest BCUT2D eigenvalue weighted by atomic mass is 9.95. The predicted molar refractivity (Wildman–Crippen MR) is 117 cm³/mol. The number of amides is 1. The Labute approximate surface area is 184 Å². The first-order valence-electron chi connectivity index (χ1n) is 10.3. The van der Waals surface area contributed by atoms with Crippen molar-refractivity contribution in [3.8, 4) is 12.3 Å². The summed E-state index contributed by atoms with van der Waals surface area (Å²) in [5, 5.41) is 9.32. The summed E-state index contributed by atoms with van der Waals surface area (Å²) in [6.45, 7) is 3.65. The molecule has 170 valence electrons. The number of carbonyl (C=O) groups excluding carboxylic acids is 1. The molecule has 0 unspecified atom stereocenters. The second-order valence-electron chi connectivity index (χ2n) is 7.85. The van der Waals surface area contributed by atoms with Crippen LogP contribution in [-0.4, -0.2) is 93.0 Å². The molecule has 2 heterocycles. The van der Waals surface area contributed by atoms with Crippen molar-refractivity contribution in [3.63, 3.8) is 0 Å². The number of hydroxylamine groups is 1. The minimum Gasteiger partial charge on any atom is -0.383 e. The molecule has 1 aromatic rings. The van der Waals surface area contributed by atoms with Crippen LogP contribution < -0.4 is 10.4 Å². The zero-order valence-electron chi connectivity index (χ0n) is 17.8. The molecule has 0 saturated carbocycles. The number of benzene rings is 1. The number of ether oxygens (including phenoxy) is 1. The van der Waals surface area contributed by atoms with Crippen molar-refractivity contribution in [1.29, 1.82) is 0 Å². The van der Waals surface area contributed by atoms with Crippen molar-refractivity contribution >= 4 is 21.6 Å². The zero-order chi connectivity index (χ0) is 22.5. The topological polar surface area (TPSA) is 102 Å². The third-order valence-electron chi connectivity index (χ3n) is 6.26. The summed E-state index contributed by atoms with van der Waals surface area (Å²) >= 11 is 0. The van der Waals surface area contributed by atoms with Crippen LogP contribution in [0.25, 0.3) is 0 Å². The third-order valence-corrected chi connectivity index (χ3v) is 8.89. The standard InChI is InChI=1S/C21H30N4O5S/c1-3-18-4-6-19(7-5-18)24-12-14-25(15-13-24)31(28,29)21(20(26)22-27)8-10-23(11-9-21)16-17-30-2/h1,4-7,27H,8-17H2,2H3,(H,22,26). The number of hydrogen-bond donors (Lipinski definition) is 2. The highest BCUT2D eigenvalue weighted by molar-refractivity contribution is 7.91. The molecule has 9 nitrogen and oxygen atoms in total. The van der Waals surface area contributed by atoms with E-state index in [9.17, 15) is 18.4 Å². The van der Waals surface area contributed by atoms with Gasteiger partial charge in [0, 0.05) is 64.2 Å². The van der Waals surface area contributed by atoms with E-state index in [4.69, 9.17) is 11.2 Å². The van der Waals surface area contributed by atoms with Gasteiger partial charge in [-0.2, -0.15) is 4.31 Å². The number of methoxy groups -OCH3 is 1. The number of piperidine rings is 1. The maximum absolute atomic E-state index is 13.6. The third kappa shape index (κ3) is 4.71. The van der Waals surface area contributed by atoms with Crippen molar-refractivity contribution in [3.05, 3.63) is 29.8 Å². The smallest absolute Gasteiger partial charge is 0.266 e. The monoisotopic (exact) mass is 450 g/mol. The molecule has 2 aliphatic rings. The van der Waals surface area contributed by atoms with Crippen LogP contribution in [0.1, 0.15) is 18.4 Å². The van der Waals surface area contributed by atoms with Gasteiger partial charge in [0.2, 0.25) is 10.0 Å². The Hall–Kier alpha value is -2.16. The fourth-order valence-electron chi connectivity index (χ4n) is 4.26. The highest BCUT2D eigenvalue weighted by atomic mass is 32.2. The molecule has 2 saturated heterocycles. The van der Waals surface area contributed by atoms with Gasteiger partial charge in [0.05, 0.1) is 6.61 Å². The minimum absolute atomic E-state index is 0.124. The van der Waals surface area contributed by atoms with E-state index in [1.54, 1.807) is 12.6 Å². The van der Waals surface area contributed by atoms with Gasteiger partial charge in [-0.25, -0.2) is 13.9 Å². The lowest BCUT2D eigenvalue weighted by Gasteiger charge is -2.44. The minimum atomic E-state index is -3.97. The molecule has 0 aromatic heterocycles. The van der Waals surface area contributed by atoms with Crippen LogP contribution in [0.2, 0.25) is 0 Å². The van der Waals surface area contributed by atoms with Crippen molar-refractivity contribution < 1.29 is 23.2 Å².